The normalized spacial score (nSPS) is 19.4. The van der Waals surface area contributed by atoms with Crippen LogP contribution in [0.3, 0.4) is 0 Å². The van der Waals surface area contributed by atoms with Crippen molar-refractivity contribution in [2.24, 2.45) is 0 Å². The first-order valence-corrected chi connectivity index (χ1v) is 7.47. The van der Waals surface area contributed by atoms with Crippen molar-refractivity contribution in [2.45, 2.75) is 58.4 Å². The van der Waals surface area contributed by atoms with Crippen LogP contribution in [-0.4, -0.2) is 18.4 Å². The van der Waals surface area contributed by atoms with Gasteiger partial charge in [-0.2, -0.15) is 0 Å². The average molecular weight is 259 g/mol. The van der Waals surface area contributed by atoms with Crippen molar-refractivity contribution in [1.82, 2.24) is 5.32 Å². The Morgan fingerprint density at radius 1 is 1.26 bits per heavy atom. The number of piperidine rings is 1. The molecule has 1 atom stereocenters. The number of ketones is 1. The van der Waals surface area contributed by atoms with E-state index in [1.165, 1.54) is 36.0 Å². The number of aryl methyl sites for hydroxylation is 2. The van der Waals surface area contributed by atoms with Gasteiger partial charge >= 0.3 is 0 Å². The van der Waals surface area contributed by atoms with Crippen LogP contribution < -0.4 is 5.32 Å². The predicted molar refractivity (Wildman–Crippen MR) is 79.5 cm³/mol. The fourth-order valence-electron chi connectivity index (χ4n) is 2.92. The van der Waals surface area contributed by atoms with Crippen LogP contribution in [0.15, 0.2) is 18.2 Å². The molecule has 0 aliphatic carbocycles. The van der Waals surface area contributed by atoms with Gasteiger partial charge in [0.25, 0.3) is 0 Å². The summed E-state index contributed by atoms with van der Waals surface area (Å²) in [6, 6.07) is 6.82. The molecule has 0 saturated carbocycles. The average Bonchev–Trinajstić information content (AvgIpc) is 2.42. The molecule has 104 valence electrons. The van der Waals surface area contributed by atoms with Gasteiger partial charge in [-0.25, -0.2) is 0 Å². The molecular formula is C17H25NO. The van der Waals surface area contributed by atoms with E-state index in [1.807, 2.05) is 0 Å². The molecule has 1 fully saturated rings. The van der Waals surface area contributed by atoms with Crippen molar-refractivity contribution in [3.05, 3.63) is 34.9 Å². The van der Waals surface area contributed by atoms with Crippen LogP contribution in [-0.2, 0) is 11.2 Å². The topological polar surface area (TPSA) is 29.1 Å². The lowest BCUT2D eigenvalue weighted by Crippen LogP contribution is -2.34. The second kappa shape index (κ2) is 6.85. The number of carbonyl (C=O) groups excluding carboxylic acids is 1. The molecule has 2 nitrogen and oxygen atoms in total. The molecule has 2 rings (SSSR count). The molecule has 1 N–H and O–H groups in total. The van der Waals surface area contributed by atoms with Crippen molar-refractivity contribution in [2.75, 3.05) is 6.54 Å². The zero-order valence-electron chi connectivity index (χ0n) is 12.2. The van der Waals surface area contributed by atoms with Crippen molar-refractivity contribution >= 4 is 5.78 Å². The third-order valence-corrected chi connectivity index (χ3v) is 4.20. The quantitative estimate of drug-likeness (QED) is 0.878. The molecular weight excluding hydrogens is 234 g/mol. The molecule has 1 aliphatic heterocycles. The fraction of sp³-hybridized carbons (Fsp3) is 0.588. The van der Waals surface area contributed by atoms with E-state index in [0.29, 0.717) is 24.7 Å². The molecule has 1 heterocycles. The highest BCUT2D eigenvalue weighted by Gasteiger charge is 2.15. The number of rotatable bonds is 5. The van der Waals surface area contributed by atoms with Gasteiger partial charge in [0.05, 0.1) is 0 Å². The van der Waals surface area contributed by atoms with Gasteiger partial charge in [-0.3, -0.25) is 4.79 Å². The largest absolute Gasteiger partial charge is 0.314 e. The maximum absolute atomic E-state index is 12.1. The minimum atomic E-state index is 0.379. The van der Waals surface area contributed by atoms with E-state index in [-0.39, 0.29) is 0 Å². The van der Waals surface area contributed by atoms with Crippen molar-refractivity contribution in [3.63, 3.8) is 0 Å². The molecule has 0 bridgehead atoms. The number of hydrogen-bond donors (Lipinski definition) is 1. The van der Waals surface area contributed by atoms with Crippen molar-refractivity contribution < 1.29 is 4.79 Å². The first-order chi connectivity index (χ1) is 9.16. The van der Waals surface area contributed by atoms with Gasteiger partial charge in [0, 0.05) is 18.9 Å². The van der Waals surface area contributed by atoms with E-state index in [1.54, 1.807) is 0 Å². The number of Topliss-reactive ketones (excluding diaryl/α,β-unsaturated/α-hetero) is 1. The summed E-state index contributed by atoms with van der Waals surface area (Å²) in [5.74, 6) is 0.379. The Balaban J connectivity index is 1.83. The summed E-state index contributed by atoms with van der Waals surface area (Å²) in [6.45, 7) is 5.31. The molecule has 0 aromatic heterocycles. The predicted octanol–water partition coefficient (Wildman–Crippen LogP) is 3.34. The molecule has 1 aromatic rings. The van der Waals surface area contributed by atoms with Gasteiger partial charge in [0.2, 0.25) is 0 Å². The fourth-order valence-corrected chi connectivity index (χ4v) is 2.92. The molecule has 2 heteroatoms. The zero-order chi connectivity index (χ0) is 13.7. The second-order valence-corrected chi connectivity index (χ2v) is 5.77. The van der Waals surface area contributed by atoms with Gasteiger partial charge in [-0.1, -0.05) is 24.6 Å². The maximum atomic E-state index is 12.1. The minimum absolute atomic E-state index is 0.379. The van der Waals surface area contributed by atoms with Gasteiger partial charge in [-0.15, -0.1) is 0 Å². The lowest BCUT2D eigenvalue weighted by atomic mass is 9.94. The van der Waals surface area contributed by atoms with Gasteiger partial charge in [0.1, 0.15) is 5.78 Å². The summed E-state index contributed by atoms with van der Waals surface area (Å²) >= 11 is 0. The molecule has 0 spiro atoms. The number of hydrogen-bond acceptors (Lipinski definition) is 2. The van der Waals surface area contributed by atoms with E-state index in [4.69, 9.17) is 0 Å². The highest BCUT2D eigenvalue weighted by Crippen LogP contribution is 2.17. The number of nitrogens with one attached hydrogen (secondary N) is 1. The van der Waals surface area contributed by atoms with Crippen LogP contribution >= 0.6 is 0 Å². The van der Waals surface area contributed by atoms with E-state index in [2.05, 4.69) is 37.4 Å². The molecule has 1 aliphatic rings. The Bertz CT molecular complexity index is 413. The van der Waals surface area contributed by atoms with Crippen molar-refractivity contribution in [3.8, 4) is 0 Å². The van der Waals surface area contributed by atoms with E-state index < -0.39 is 0 Å². The first-order valence-electron chi connectivity index (χ1n) is 7.47. The van der Waals surface area contributed by atoms with Gasteiger partial charge in [0.15, 0.2) is 0 Å². The van der Waals surface area contributed by atoms with Gasteiger partial charge in [-0.05, 0) is 56.3 Å². The lowest BCUT2D eigenvalue weighted by molar-refractivity contribution is -0.118. The minimum Gasteiger partial charge on any atom is -0.314 e. The van der Waals surface area contributed by atoms with Crippen LogP contribution in [0, 0.1) is 13.8 Å². The van der Waals surface area contributed by atoms with E-state index in [0.717, 1.165) is 13.0 Å². The van der Waals surface area contributed by atoms with Crippen LogP contribution in [0.5, 0.6) is 0 Å². The molecule has 0 radical (unpaired) electrons. The summed E-state index contributed by atoms with van der Waals surface area (Å²) in [4.78, 5) is 12.1. The van der Waals surface area contributed by atoms with E-state index >= 15 is 0 Å². The summed E-state index contributed by atoms with van der Waals surface area (Å²) in [7, 11) is 0. The Morgan fingerprint density at radius 3 is 2.63 bits per heavy atom. The van der Waals surface area contributed by atoms with Gasteiger partial charge < -0.3 is 5.32 Å². The van der Waals surface area contributed by atoms with E-state index in [9.17, 15) is 4.79 Å². The maximum Gasteiger partial charge on any atom is 0.137 e. The highest BCUT2D eigenvalue weighted by atomic mass is 16.1. The summed E-state index contributed by atoms with van der Waals surface area (Å²) in [6.07, 6.45) is 6.15. The molecule has 1 aromatic carbocycles. The molecule has 0 amide bonds. The monoisotopic (exact) mass is 259 g/mol. The SMILES string of the molecule is Cc1cccc(C)c1CC(=O)CCC1CCCCN1. The third-order valence-electron chi connectivity index (χ3n) is 4.20. The molecule has 19 heavy (non-hydrogen) atoms. The second-order valence-electron chi connectivity index (χ2n) is 5.77. The smallest absolute Gasteiger partial charge is 0.137 e. The molecule has 1 saturated heterocycles. The highest BCUT2D eigenvalue weighted by molar-refractivity contribution is 5.81. The number of benzene rings is 1. The zero-order valence-corrected chi connectivity index (χ0v) is 12.2. The lowest BCUT2D eigenvalue weighted by Gasteiger charge is -2.23. The van der Waals surface area contributed by atoms with Crippen LogP contribution in [0.25, 0.3) is 0 Å². The Kier molecular flexibility index (Phi) is 5.15. The Hall–Kier alpha value is -1.15. The molecule has 1 unspecified atom stereocenters. The third kappa shape index (κ3) is 4.17. The Morgan fingerprint density at radius 2 is 2.00 bits per heavy atom. The Labute approximate surface area is 116 Å². The first kappa shape index (κ1) is 14.3. The summed E-state index contributed by atoms with van der Waals surface area (Å²) in [5, 5.41) is 3.51. The van der Waals surface area contributed by atoms with Crippen molar-refractivity contribution in [1.29, 1.82) is 0 Å². The van der Waals surface area contributed by atoms with Crippen LogP contribution in [0.1, 0.15) is 48.8 Å². The standard InChI is InChI=1S/C17H25NO/c1-13-6-5-7-14(2)17(13)12-16(19)10-9-15-8-3-4-11-18-15/h5-7,15,18H,3-4,8-12H2,1-2H3. The van der Waals surface area contributed by atoms with Crippen LogP contribution in [0.2, 0.25) is 0 Å². The summed E-state index contributed by atoms with van der Waals surface area (Å²) < 4.78 is 0. The van der Waals surface area contributed by atoms with Crippen LogP contribution in [0.4, 0.5) is 0 Å². The number of carbonyl (C=O) groups is 1. The summed E-state index contributed by atoms with van der Waals surface area (Å²) in [5.41, 5.74) is 3.71.